The van der Waals surface area contributed by atoms with Gasteiger partial charge in [0.2, 0.25) is 5.91 Å². The van der Waals surface area contributed by atoms with Crippen molar-refractivity contribution >= 4 is 28.9 Å². The topological polar surface area (TPSA) is 64.9 Å². The van der Waals surface area contributed by atoms with E-state index in [9.17, 15) is 4.79 Å². The highest BCUT2D eigenvalue weighted by Gasteiger charge is 2.04. The largest absolute Gasteiger partial charge is 0.381 e. The number of nitriles is 1. The Hall–Kier alpha value is -2.51. The maximum atomic E-state index is 11.2. The molecule has 0 atom stereocenters. The van der Waals surface area contributed by atoms with E-state index >= 15 is 0 Å². The molecule has 0 aliphatic rings. The van der Waals surface area contributed by atoms with E-state index < -0.39 is 0 Å². The SMILES string of the molecule is CC(=O)Nc1ccccc1CNc1ccc(C#N)c(Cl)c1. The summed E-state index contributed by atoms with van der Waals surface area (Å²) in [7, 11) is 0. The lowest BCUT2D eigenvalue weighted by atomic mass is 10.1. The molecule has 0 aromatic heterocycles. The third-order valence-corrected chi connectivity index (χ3v) is 3.21. The van der Waals surface area contributed by atoms with Gasteiger partial charge in [-0.3, -0.25) is 4.79 Å². The number of carbonyl (C=O) groups excluding carboxylic acids is 1. The Morgan fingerprint density at radius 2 is 2.05 bits per heavy atom. The number of carbonyl (C=O) groups is 1. The summed E-state index contributed by atoms with van der Waals surface area (Å²) in [6, 6.07) is 14.8. The predicted octanol–water partition coefficient (Wildman–Crippen LogP) is 3.78. The Balaban J connectivity index is 2.11. The number of benzene rings is 2. The second kappa shape index (κ2) is 6.78. The van der Waals surface area contributed by atoms with Gasteiger partial charge in [-0.25, -0.2) is 0 Å². The monoisotopic (exact) mass is 299 g/mol. The van der Waals surface area contributed by atoms with E-state index in [4.69, 9.17) is 16.9 Å². The maximum absolute atomic E-state index is 11.2. The van der Waals surface area contributed by atoms with E-state index in [1.807, 2.05) is 30.3 Å². The predicted molar refractivity (Wildman–Crippen MR) is 84.2 cm³/mol. The molecule has 2 N–H and O–H groups in total. The second-order valence-electron chi connectivity index (χ2n) is 4.50. The summed E-state index contributed by atoms with van der Waals surface area (Å²) >= 11 is 5.99. The zero-order valence-electron chi connectivity index (χ0n) is 11.5. The zero-order valence-corrected chi connectivity index (χ0v) is 12.2. The van der Waals surface area contributed by atoms with Gasteiger partial charge in [-0.1, -0.05) is 29.8 Å². The number of amides is 1. The summed E-state index contributed by atoms with van der Waals surface area (Å²) in [5.41, 5.74) is 3.00. The summed E-state index contributed by atoms with van der Waals surface area (Å²) < 4.78 is 0. The Bertz CT molecular complexity index is 707. The number of halogens is 1. The van der Waals surface area contributed by atoms with Crippen molar-refractivity contribution in [3.63, 3.8) is 0 Å². The van der Waals surface area contributed by atoms with E-state index in [1.54, 1.807) is 18.2 Å². The van der Waals surface area contributed by atoms with Crippen molar-refractivity contribution in [2.24, 2.45) is 0 Å². The van der Waals surface area contributed by atoms with Crippen molar-refractivity contribution in [3.05, 3.63) is 58.6 Å². The molecule has 5 heteroatoms. The first-order valence-electron chi connectivity index (χ1n) is 6.39. The fourth-order valence-corrected chi connectivity index (χ4v) is 2.12. The number of nitrogens with zero attached hydrogens (tertiary/aromatic N) is 1. The fourth-order valence-electron chi connectivity index (χ4n) is 1.90. The molecule has 0 heterocycles. The summed E-state index contributed by atoms with van der Waals surface area (Å²) in [6.45, 7) is 2.02. The summed E-state index contributed by atoms with van der Waals surface area (Å²) in [4.78, 5) is 11.2. The first kappa shape index (κ1) is 14.9. The van der Waals surface area contributed by atoms with Crippen LogP contribution in [0.1, 0.15) is 18.1 Å². The molecule has 0 bridgehead atoms. The minimum Gasteiger partial charge on any atom is -0.381 e. The quantitative estimate of drug-likeness (QED) is 0.903. The molecule has 0 aliphatic heterocycles. The molecular weight excluding hydrogens is 286 g/mol. The number of hydrogen-bond donors (Lipinski definition) is 2. The van der Waals surface area contributed by atoms with Gasteiger partial charge in [-0.05, 0) is 29.8 Å². The van der Waals surface area contributed by atoms with Crippen LogP contribution in [0.5, 0.6) is 0 Å². The van der Waals surface area contributed by atoms with E-state index in [2.05, 4.69) is 10.6 Å². The van der Waals surface area contributed by atoms with E-state index in [1.165, 1.54) is 6.92 Å². The molecule has 0 unspecified atom stereocenters. The molecule has 106 valence electrons. The van der Waals surface area contributed by atoms with Gasteiger partial charge in [0.05, 0.1) is 10.6 Å². The molecule has 1 amide bonds. The van der Waals surface area contributed by atoms with Crippen LogP contribution in [-0.4, -0.2) is 5.91 Å². The minimum absolute atomic E-state index is 0.108. The number of para-hydroxylation sites is 1. The van der Waals surface area contributed by atoms with Crippen molar-refractivity contribution in [3.8, 4) is 6.07 Å². The molecule has 0 aliphatic carbocycles. The van der Waals surface area contributed by atoms with Gasteiger partial charge in [-0.15, -0.1) is 0 Å². The van der Waals surface area contributed by atoms with E-state index in [0.717, 1.165) is 16.9 Å². The van der Waals surface area contributed by atoms with Crippen LogP contribution in [0, 0.1) is 11.3 Å². The van der Waals surface area contributed by atoms with Crippen molar-refractivity contribution in [2.75, 3.05) is 10.6 Å². The highest BCUT2D eigenvalue weighted by atomic mass is 35.5. The van der Waals surface area contributed by atoms with Gasteiger partial charge in [-0.2, -0.15) is 5.26 Å². The van der Waals surface area contributed by atoms with Crippen LogP contribution >= 0.6 is 11.6 Å². The van der Waals surface area contributed by atoms with Gasteiger partial charge in [0.15, 0.2) is 0 Å². The van der Waals surface area contributed by atoms with Crippen molar-refractivity contribution in [1.29, 1.82) is 5.26 Å². The fraction of sp³-hybridized carbons (Fsp3) is 0.125. The van der Waals surface area contributed by atoms with Gasteiger partial charge >= 0.3 is 0 Å². The summed E-state index contributed by atoms with van der Waals surface area (Å²) in [5, 5.41) is 15.3. The Labute approximate surface area is 128 Å². The third-order valence-electron chi connectivity index (χ3n) is 2.90. The highest BCUT2D eigenvalue weighted by molar-refractivity contribution is 6.32. The number of hydrogen-bond acceptors (Lipinski definition) is 3. The van der Waals surface area contributed by atoms with Crippen molar-refractivity contribution < 1.29 is 4.79 Å². The highest BCUT2D eigenvalue weighted by Crippen LogP contribution is 2.22. The van der Waals surface area contributed by atoms with Crippen LogP contribution in [0.4, 0.5) is 11.4 Å². The molecule has 0 radical (unpaired) electrons. The molecule has 0 saturated carbocycles. The van der Waals surface area contributed by atoms with Crippen LogP contribution in [-0.2, 0) is 11.3 Å². The van der Waals surface area contributed by atoms with Crippen LogP contribution in [0.25, 0.3) is 0 Å². The summed E-state index contributed by atoms with van der Waals surface area (Å²) in [5.74, 6) is -0.108. The average Bonchev–Trinajstić information content (AvgIpc) is 2.46. The number of rotatable bonds is 4. The smallest absolute Gasteiger partial charge is 0.221 e. The van der Waals surface area contributed by atoms with Crippen LogP contribution in [0.15, 0.2) is 42.5 Å². The Morgan fingerprint density at radius 3 is 2.71 bits per heavy atom. The normalized spacial score (nSPS) is 9.76. The summed E-state index contributed by atoms with van der Waals surface area (Å²) in [6.07, 6.45) is 0. The van der Waals surface area contributed by atoms with Crippen LogP contribution in [0.3, 0.4) is 0 Å². The zero-order chi connectivity index (χ0) is 15.2. The van der Waals surface area contributed by atoms with Gasteiger partial charge in [0.25, 0.3) is 0 Å². The van der Waals surface area contributed by atoms with Gasteiger partial charge < -0.3 is 10.6 Å². The first-order chi connectivity index (χ1) is 10.1. The Kier molecular flexibility index (Phi) is 4.81. The second-order valence-corrected chi connectivity index (χ2v) is 4.91. The molecule has 2 aromatic carbocycles. The molecule has 2 aromatic rings. The van der Waals surface area contributed by atoms with E-state index in [-0.39, 0.29) is 5.91 Å². The van der Waals surface area contributed by atoms with Crippen molar-refractivity contribution in [2.45, 2.75) is 13.5 Å². The molecule has 2 rings (SSSR count). The van der Waals surface area contributed by atoms with Crippen molar-refractivity contribution in [1.82, 2.24) is 0 Å². The molecule has 21 heavy (non-hydrogen) atoms. The van der Waals surface area contributed by atoms with Gasteiger partial charge in [0.1, 0.15) is 6.07 Å². The minimum atomic E-state index is -0.108. The van der Waals surface area contributed by atoms with Gasteiger partial charge in [0, 0.05) is 24.8 Å². The lowest BCUT2D eigenvalue weighted by Crippen LogP contribution is -2.10. The lowest BCUT2D eigenvalue weighted by Gasteiger charge is -2.12. The average molecular weight is 300 g/mol. The standard InChI is InChI=1S/C16H14ClN3O/c1-11(21)20-16-5-3-2-4-13(16)10-19-14-7-6-12(9-18)15(17)8-14/h2-8,19H,10H2,1H3,(H,20,21). The third kappa shape index (κ3) is 3.98. The molecule has 4 nitrogen and oxygen atoms in total. The molecule has 0 fully saturated rings. The lowest BCUT2D eigenvalue weighted by molar-refractivity contribution is -0.114. The Morgan fingerprint density at radius 1 is 1.29 bits per heavy atom. The molecule has 0 saturated heterocycles. The van der Waals surface area contributed by atoms with Crippen LogP contribution < -0.4 is 10.6 Å². The molecular formula is C16H14ClN3O. The number of nitrogens with one attached hydrogen (secondary N) is 2. The first-order valence-corrected chi connectivity index (χ1v) is 6.77. The van der Waals surface area contributed by atoms with E-state index in [0.29, 0.717) is 17.1 Å². The van der Waals surface area contributed by atoms with Crippen LogP contribution in [0.2, 0.25) is 5.02 Å². The number of anilines is 2. The molecule has 0 spiro atoms. The maximum Gasteiger partial charge on any atom is 0.221 e.